The number of H-pyrrole nitrogens is 1. The van der Waals surface area contributed by atoms with E-state index in [-0.39, 0.29) is 0 Å². The van der Waals surface area contributed by atoms with Gasteiger partial charge in [-0.05, 0) is 61.3 Å². The van der Waals surface area contributed by atoms with Crippen molar-refractivity contribution in [2.24, 2.45) is 5.92 Å². The summed E-state index contributed by atoms with van der Waals surface area (Å²) in [6, 6.07) is 17.3. The van der Waals surface area contributed by atoms with Crippen molar-refractivity contribution in [3.8, 4) is 0 Å². The van der Waals surface area contributed by atoms with Crippen LogP contribution in [0.2, 0.25) is 0 Å². The molecule has 3 nitrogen and oxygen atoms in total. The van der Waals surface area contributed by atoms with Crippen LogP contribution in [0.3, 0.4) is 0 Å². The fourth-order valence-corrected chi connectivity index (χ4v) is 3.77. The monoisotopic (exact) mass is 389 g/mol. The number of fused-ring (bicyclic) bond motifs is 1. The minimum absolute atomic E-state index is 0.341. The van der Waals surface area contributed by atoms with Crippen LogP contribution in [0.1, 0.15) is 49.1 Å². The first-order chi connectivity index (χ1) is 14.1. The lowest BCUT2D eigenvalue weighted by Crippen LogP contribution is -2.39. The van der Waals surface area contributed by atoms with Gasteiger partial charge in [0.05, 0.1) is 0 Å². The highest BCUT2D eigenvalue weighted by atomic mass is 14.9. The highest BCUT2D eigenvalue weighted by molar-refractivity contribution is 5.85. The molecule has 1 fully saturated rings. The van der Waals surface area contributed by atoms with Crippen molar-refractivity contribution in [1.82, 2.24) is 15.6 Å². The zero-order chi connectivity index (χ0) is 20.6. The topological polar surface area (TPSA) is 39.9 Å². The van der Waals surface area contributed by atoms with E-state index in [4.69, 9.17) is 0 Å². The SMILES string of the molecule is C=Cc1ccc(C(C)c2[nH]c3ccccc3c2CCNCC)cc1.CC1CNC1. The third-order valence-electron chi connectivity index (χ3n) is 5.74. The molecule has 154 valence electrons. The number of aromatic amines is 1. The molecule has 1 aliphatic rings. The van der Waals surface area contributed by atoms with Crippen molar-refractivity contribution in [1.29, 1.82) is 0 Å². The molecule has 3 N–H and O–H groups in total. The molecule has 4 rings (SSSR count). The summed E-state index contributed by atoms with van der Waals surface area (Å²) in [5, 5.41) is 7.96. The summed E-state index contributed by atoms with van der Waals surface area (Å²) >= 11 is 0. The molecule has 0 spiro atoms. The Morgan fingerprint density at radius 3 is 2.41 bits per heavy atom. The maximum absolute atomic E-state index is 3.84. The molecule has 1 atom stereocenters. The Labute approximate surface area is 175 Å². The Kier molecular flexibility index (Phi) is 7.68. The van der Waals surface area contributed by atoms with Crippen LogP contribution in [0.25, 0.3) is 17.0 Å². The lowest BCUT2D eigenvalue weighted by molar-refractivity contribution is 0.379. The molecule has 0 radical (unpaired) electrons. The van der Waals surface area contributed by atoms with Crippen LogP contribution in [0.5, 0.6) is 0 Å². The van der Waals surface area contributed by atoms with E-state index in [2.05, 4.69) is 91.5 Å². The van der Waals surface area contributed by atoms with Gasteiger partial charge in [-0.25, -0.2) is 0 Å². The Balaban J connectivity index is 0.000000419. The average molecular weight is 390 g/mol. The second-order valence-electron chi connectivity index (χ2n) is 8.02. The van der Waals surface area contributed by atoms with E-state index in [0.717, 1.165) is 31.0 Å². The number of hydrogen-bond acceptors (Lipinski definition) is 2. The van der Waals surface area contributed by atoms with Gasteiger partial charge in [0.15, 0.2) is 0 Å². The maximum Gasteiger partial charge on any atom is 0.0459 e. The quantitative estimate of drug-likeness (QED) is 0.477. The van der Waals surface area contributed by atoms with Gasteiger partial charge in [0.1, 0.15) is 0 Å². The molecule has 3 heteroatoms. The van der Waals surface area contributed by atoms with Gasteiger partial charge in [-0.2, -0.15) is 0 Å². The van der Waals surface area contributed by atoms with Crippen molar-refractivity contribution >= 4 is 17.0 Å². The van der Waals surface area contributed by atoms with Crippen LogP contribution < -0.4 is 10.6 Å². The number of benzene rings is 2. The van der Waals surface area contributed by atoms with E-state index in [1.165, 1.54) is 40.8 Å². The largest absolute Gasteiger partial charge is 0.358 e. The van der Waals surface area contributed by atoms with Crippen molar-refractivity contribution in [2.45, 2.75) is 33.1 Å². The van der Waals surface area contributed by atoms with Crippen LogP contribution in [0.15, 0.2) is 55.1 Å². The number of likely N-dealkylation sites (N-methyl/N-ethyl adjacent to an activating group) is 1. The first kappa shape index (κ1) is 21.4. The second kappa shape index (κ2) is 10.4. The van der Waals surface area contributed by atoms with E-state index in [9.17, 15) is 0 Å². The highest BCUT2D eigenvalue weighted by Crippen LogP contribution is 2.32. The van der Waals surface area contributed by atoms with Crippen LogP contribution in [-0.4, -0.2) is 31.2 Å². The molecule has 3 aromatic rings. The van der Waals surface area contributed by atoms with Gasteiger partial charge in [-0.1, -0.05) is 75.9 Å². The maximum atomic E-state index is 3.84. The van der Waals surface area contributed by atoms with E-state index >= 15 is 0 Å². The molecule has 2 heterocycles. The molecule has 1 saturated heterocycles. The van der Waals surface area contributed by atoms with Crippen LogP contribution in [-0.2, 0) is 6.42 Å². The Morgan fingerprint density at radius 2 is 1.83 bits per heavy atom. The lowest BCUT2D eigenvalue weighted by Gasteiger charge is -2.21. The molecule has 0 amide bonds. The lowest BCUT2D eigenvalue weighted by atomic mass is 9.92. The smallest absolute Gasteiger partial charge is 0.0459 e. The van der Waals surface area contributed by atoms with Crippen LogP contribution >= 0.6 is 0 Å². The van der Waals surface area contributed by atoms with Crippen LogP contribution in [0, 0.1) is 5.92 Å². The molecule has 1 unspecified atom stereocenters. The second-order valence-corrected chi connectivity index (χ2v) is 8.02. The van der Waals surface area contributed by atoms with Gasteiger partial charge in [-0.3, -0.25) is 0 Å². The van der Waals surface area contributed by atoms with E-state index in [1.807, 2.05) is 6.08 Å². The van der Waals surface area contributed by atoms with Gasteiger partial charge in [0.2, 0.25) is 0 Å². The number of nitrogens with one attached hydrogen (secondary N) is 3. The molecule has 2 aromatic carbocycles. The molecule has 0 bridgehead atoms. The zero-order valence-electron chi connectivity index (χ0n) is 18.1. The predicted molar refractivity (Wildman–Crippen MR) is 127 cm³/mol. The fourth-order valence-electron chi connectivity index (χ4n) is 3.77. The summed E-state index contributed by atoms with van der Waals surface area (Å²) < 4.78 is 0. The number of aromatic nitrogens is 1. The molecule has 0 aliphatic carbocycles. The first-order valence-corrected chi connectivity index (χ1v) is 10.9. The van der Waals surface area contributed by atoms with Crippen molar-refractivity contribution in [3.05, 3.63) is 77.5 Å². The van der Waals surface area contributed by atoms with Gasteiger partial charge >= 0.3 is 0 Å². The van der Waals surface area contributed by atoms with Gasteiger partial charge in [-0.15, -0.1) is 0 Å². The summed E-state index contributed by atoms with van der Waals surface area (Å²) in [5.74, 6) is 1.29. The summed E-state index contributed by atoms with van der Waals surface area (Å²) in [6.45, 7) is 15.0. The Morgan fingerprint density at radius 1 is 1.14 bits per heavy atom. The van der Waals surface area contributed by atoms with E-state index in [1.54, 1.807) is 0 Å². The summed E-state index contributed by atoms with van der Waals surface area (Å²) in [6.07, 6.45) is 2.93. The average Bonchev–Trinajstić information content (AvgIpc) is 3.11. The summed E-state index contributed by atoms with van der Waals surface area (Å²) in [5.41, 5.74) is 6.49. The van der Waals surface area contributed by atoms with Crippen molar-refractivity contribution < 1.29 is 0 Å². The summed E-state index contributed by atoms with van der Waals surface area (Å²) in [7, 11) is 0. The molecular weight excluding hydrogens is 354 g/mol. The van der Waals surface area contributed by atoms with Crippen molar-refractivity contribution in [2.75, 3.05) is 26.2 Å². The van der Waals surface area contributed by atoms with E-state index in [0.29, 0.717) is 5.92 Å². The Hall–Kier alpha value is -2.36. The third-order valence-corrected chi connectivity index (χ3v) is 5.74. The molecule has 1 aliphatic heterocycles. The standard InChI is InChI=1S/C22H26N2.C4H9N/c1-4-17-10-12-18(13-11-17)16(3)22-20(14-15-23-5-2)19-8-6-7-9-21(19)24-22;1-4-2-5-3-4/h4,6-13,16,23-24H,1,5,14-15H2,2-3H3;4-5H,2-3H2,1H3. The Bertz CT molecular complexity index is 903. The first-order valence-electron chi connectivity index (χ1n) is 10.9. The molecule has 1 aromatic heterocycles. The highest BCUT2D eigenvalue weighted by Gasteiger charge is 2.17. The third kappa shape index (κ3) is 5.37. The van der Waals surface area contributed by atoms with E-state index < -0.39 is 0 Å². The minimum atomic E-state index is 0.341. The molecule has 0 saturated carbocycles. The van der Waals surface area contributed by atoms with Gasteiger partial charge in [0, 0.05) is 22.5 Å². The zero-order valence-corrected chi connectivity index (χ0v) is 18.1. The summed E-state index contributed by atoms with van der Waals surface area (Å²) in [4.78, 5) is 3.67. The van der Waals surface area contributed by atoms with Gasteiger partial charge in [0.25, 0.3) is 0 Å². The van der Waals surface area contributed by atoms with Crippen molar-refractivity contribution in [3.63, 3.8) is 0 Å². The molecular formula is C26H35N3. The minimum Gasteiger partial charge on any atom is -0.358 e. The molecule has 29 heavy (non-hydrogen) atoms. The normalized spacial score (nSPS) is 14.7. The van der Waals surface area contributed by atoms with Gasteiger partial charge < -0.3 is 15.6 Å². The number of para-hydroxylation sites is 1. The predicted octanol–water partition coefficient (Wildman–Crippen LogP) is 5.34. The number of hydrogen-bond donors (Lipinski definition) is 3. The van der Waals surface area contributed by atoms with Crippen LogP contribution in [0.4, 0.5) is 0 Å². The fraction of sp³-hybridized carbons (Fsp3) is 0.385. The number of rotatable bonds is 7.